The Kier molecular flexibility index (Phi) is 6.18. The number of hydrazine groups is 1. The van der Waals surface area contributed by atoms with Crippen molar-refractivity contribution in [2.75, 3.05) is 11.6 Å². The Labute approximate surface area is 203 Å². The van der Waals surface area contributed by atoms with Crippen molar-refractivity contribution in [3.8, 4) is 5.75 Å². The molecule has 5 rings (SSSR count). The number of carbonyl (C=O) groups excluding carboxylic acids is 2. The molecule has 0 unspecified atom stereocenters. The number of rotatable bonds is 8. The Bertz CT molecular complexity index is 1440. The minimum atomic E-state index is -0.419. The number of ether oxygens (including phenoxy) is 1. The molecule has 1 saturated heterocycles. The largest absolute Gasteiger partial charge is 0.491 e. The van der Waals surface area contributed by atoms with Gasteiger partial charge in [0, 0.05) is 22.7 Å². The second-order valence-corrected chi connectivity index (χ2v) is 8.22. The molecule has 2 heterocycles. The van der Waals surface area contributed by atoms with E-state index in [1.807, 2.05) is 79.0 Å². The van der Waals surface area contributed by atoms with Crippen LogP contribution < -0.4 is 15.2 Å². The molecule has 35 heavy (non-hydrogen) atoms. The summed E-state index contributed by atoms with van der Waals surface area (Å²) in [5, 5.41) is 2.24. The normalized spacial score (nSPS) is 14.5. The molecule has 0 aliphatic carbocycles. The zero-order chi connectivity index (χ0) is 24.2. The van der Waals surface area contributed by atoms with Crippen LogP contribution in [0.15, 0.2) is 103 Å². The summed E-state index contributed by atoms with van der Waals surface area (Å²) in [6, 6.07) is 24.9. The van der Waals surface area contributed by atoms with E-state index in [1.165, 1.54) is 5.01 Å². The molecule has 4 aromatic rings. The monoisotopic (exact) mass is 463 g/mol. The highest BCUT2D eigenvalue weighted by atomic mass is 16.5. The van der Waals surface area contributed by atoms with Crippen molar-refractivity contribution in [1.29, 1.82) is 0 Å². The van der Waals surface area contributed by atoms with Crippen LogP contribution in [0.5, 0.6) is 5.75 Å². The van der Waals surface area contributed by atoms with E-state index in [9.17, 15) is 9.59 Å². The summed E-state index contributed by atoms with van der Waals surface area (Å²) in [6.45, 7) is 4.91. The summed E-state index contributed by atoms with van der Waals surface area (Å²) in [6.07, 6.45) is 6.24. The summed E-state index contributed by atoms with van der Waals surface area (Å²) in [7, 11) is 0. The average Bonchev–Trinajstić information content (AvgIpc) is 3.38. The maximum Gasteiger partial charge on any atom is 0.282 e. The molecule has 6 nitrogen and oxygen atoms in total. The van der Waals surface area contributed by atoms with Crippen LogP contribution in [0.1, 0.15) is 11.1 Å². The third-order valence-electron chi connectivity index (χ3n) is 5.95. The van der Waals surface area contributed by atoms with Crippen LogP contribution >= 0.6 is 0 Å². The molecule has 174 valence electrons. The van der Waals surface area contributed by atoms with E-state index in [0.717, 1.165) is 34.2 Å². The summed E-state index contributed by atoms with van der Waals surface area (Å²) < 4.78 is 8.16. The number of anilines is 1. The molecular weight excluding hydrogens is 438 g/mol. The van der Waals surface area contributed by atoms with Gasteiger partial charge in [-0.3, -0.25) is 15.0 Å². The molecule has 1 fully saturated rings. The molecule has 3 aromatic carbocycles. The van der Waals surface area contributed by atoms with Crippen molar-refractivity contribution < 1.29 is 14.3 Å². The first-order valence-corrected chi connectivity index (χ1v) is 11.5. The highest BCUT2D eigenvalue weighted by Crippen LogP contribution is 2.27. The summed E-state index contributed by atoms with van der Waals surface area (Å²) >= 11 is 0. The Morgan fingerprint density at radius 2 is 1.66 bits per heavy atom. The van der Waals surface area contributed by atoms with Crippen molar-refractivity contribution in [2.24, 2.45) is 0 Å². The number of hydrogen-bond acceptors (Lipinski definition) is 3. The average molecular weight is 464 g/mol. The van der Waals surface area contributed by atoms with Crippen LogP contribution in [-0.4, -0.2) is 23.0 Å². The minimum Gasteiger partial charge on any atom is -0.491 e. The lowest BCUT2D eigenvalue weighted by Crippen LogP contribution is -2.35. The molecular formula is C29H25N3O3. The number of allylic oxidation sites excluding steroid dienone is 1. The molecule has 1 aromatic heterocycles. The number of carbonyl (C=O) groups is 2. The van der Waals surface area contributed by atoms with Gasteiger partial charge in [-0.25, -0.2) is 5.01 Å². The number of aromatic nitrogens is 1. The molecule has 1 N–H and O–H groups in total. The second kappa shape index (κ2) is 9.73. The molecule has 0 atom stereocenters. The molecule has 2 amide bonds. The Morgan fingerprint density at radius 3 is 2.49 bits per heavy atom. The fourth-order valence-electron chi connectivity index (χ4n) is 4.27. The van der Waals surface area contributed by atoms with Gasteiger partial charge < -0.3 is 9.30 Å². The molecule has 6 heteroatoms. The first-order chi connectivity index (χ1) is 17.2. The Morgan fingerprint density at radius 1 is 0.914 bits per heavy atom. The van der Waals surface area contributed by atoms with Crippen LogP contribution in [0.4, 0.5) is 5.69 Å². The van der Waals surface area contributed by atoms with Gasteiger partial charge in [-0.05, 0) is 42.3 Å². The van der Waals surface area contributed by atoms with Gasteiger partial charge in [0.15, 0.2) is 0 Å². The number of nitrogens with one attached hydrogen (secondary N) is 1. The van der Waals surface area contributed by atoms with Gasteiger partial charge in [0.05, 0.1) is 12.2 Å². The van der Waals surface area contributed by atoms with E-state index >= 15 is 0 Å². The lowest BCUT2D eigenvalue weighted by molar-refractivity contribution is -0.117. The standard InChI is InChI=1S/C29H25N3O3/c1-2-10-21-11-6-9-16-27(21)35-18-17-31-20-22(24-14-7-8-15-26(24)31)19-25-28(33)30-32(29(25)34)23-12-4-3-5-13-23/h2-9,11-16,19-20H,1,10,17-18H2,(H,30,33)/b25-19+. The zero-order valence-electron chi connectivity index (χ0n) is 19.2. The lowest BCUT2D eigenvalue weighted by atomic mass is 10.1. The van der Waals surface area contributed by atoms with Gasteiger partial charge in [0.1, 0.15) is 17.9 Å². The quantitative estimate of drug-likeness (QED) is 0.229. The molecule has 1 aliphatic rings. The first-order valence-electron chi connectivity index (χ1n) is 11.5. The van der Waals surface area contributed by atoms with E-state index in [2.05, 4.69) is 16.6 Å². The smallest absolute Gasteiger partial charge is 0.282 e. The summed E-state index contributed by atoms with van der Waals surface area (Å²) in [5.74, 6) is 0.0541. The number of benzene rings is 3. The third kappa shape index (κ3) is 4.46. The maximum atomic E-state index is 13.0. The zero-order valence-corrected chi connectivity index (χ0v) is 19.2. The predicted octanol–water partition coefficient (Wildman–Crippen LogP) is 4.91. The topological polar surface area (TPSA) is 63.6 Å². The minimum absolute atomic E-state index is 0.103. The number of amides is 2. The van der Waals surface area contributed by atoms with Gasteiger partial charge in [0.25, 0.3) is 11.8 Å². The van der Waals surface area contributed by atoms with Crippen LogP contribution in [0.2, 0.25) is 0 Å². The molecule has 0 saturated carbocycles. The number of hydrogen-bond donors (Lipinski definition) is 1. The maximum absolute atomic E-state index is 13.0. The highest BCUT2D eigenvalue weighted by molar-refractivity contribution is 6.32. The van der Waals surface area contributed by atoms with E-state index in [1.54, 1.807) is 18.2 Å². The molecule has 0 bridgehead atoms. The van der Waals surface area contributed by atoms with E-state index in [-0.39, 0.29) is 11.5 Å². The highest BCUT2D eigenvalue weighted by Gasteiger charge is 2.34. The van der Waals surface area contributed by atoms with Gasteiger partial charge in [-0.1, -0.05) is 60.7 Å². The predicted molar refractivity (Wildman–Crippen MR) is 138 cm³/mol. The van der Waals surface area contributed by atoms with Crippen molar-refractivity contribution in [1.82, 2.24) is 9.99 Å². The van der Waals surface area contributed by atoms with Gasteiger partial charge in [0.2, 0.25) is 0 Å². The number of nitrogens with zero attached hydrogens (tertiary/aromatic N) is 2. The van der Waals surface area contributed by atoms with Crippen molar-refractivity contribution in [3.63, 3.8) is 0 Å². The second-order valence-electron chi connectivity index (χ2n) is 8.22. The fraction of sp³-hybridized carbons (Fsp3) is 0.103. The van der Waals surface area contributed by atoms with Crippen molar-refractivity contribution in [3.05, 3.63) is 114 Å². The molecule has 1 aliphatic heterocycles. The van der Waals surface area contributed by atoms with E-state index in [0.29, 0.717) is 18.8 Å². The number of para-hydroxylation sites is 3. The Hall–Kier alpha value is -4.58. The van der Waals surface area contributed by atoms with Crippen molar-refractivity contribution >= 4 is 34.5 Å². The van der Waals surface area contributed by atoms with Gasteiger partial charge in [-0.15, -0.1) is 6.58 Å². The third-order valence-corrected chi connectivity index (χ3v) is 5.95. The Balaban J connectivity index is 1.40. The van der Waals surface area contributed by atoms with Crippen LogP contribution in [0.25, 0.3) is 17.0 Å². The van der Waals surface area contributed by atoms with E-state index < -0.39 is 5.91 Å². The van der Waals surface area contributed by atoms with Crippen LogP contribution in [0, 0.1) is 0 Å². The molecule has 0 radical (unpaired) electrons. The summed E-state index contributed by atoms with van der Waals surface area (Å²) in [4.78, 5) is 25.7. The van der Waals surface area contributed by atoms with Gasteiger partial charge in [-0.2, -0.15) is 0 Å². The fourth-order valence-corrected chi connectivity index (χ4v) is 4.27. The van der Waals surface area contributed by atoms with Crippen LogP contribution in [-0.2, 0) is 22.6 Å². The lowest BCUT2D eigenvalue weighted by Gasteiger charge is -2.13. The first kappa shape index (κ1) is 22.2. The molecule has 0 spiro atoms. The SMILES string of the molecule is C=CCc1ccccc1OCCn1cc(/C=C2\C(=O)NN(c3ccccc3)C2=O)c2ccccc21. The summed E-state index contributed by atoms with van der Waals surface area (Å²) in [5.41, 5.74) is 6.29. The van der Waals surface area contributed by atoms with E-state index in [4.69, 9.17) is 4.74 Å². The van der Waals surface area contributed by atoms with Gasteiger partial charge >= 0.3 is 0 Å². The number of fused-ring (bicyclic) bond motifs is 1. The van der Waals surface area contributed by atoms with Crippen LogP contribution in [0.3, 0.4) is 0 Å². The van der Waals surface area contributed by atoms with Crippen molar-refractivity contribution in [2.45, 2.75) is 13.0 Å².